The Kier molecular flexibility index (Phi) is 3.69. The number of fused-ring (bicyclic) bond motifs is 1. The predicted molar refractivity (Wildman–Crippen MR) is 71.7 cm³/mol. The molecule has 0 spiro atoms. The molecule has 2 aliphatic rings. The van der Waals surface area contributed by atoms with Gasteiger partial charge in [-0.25, -0.2) is 4.98 Å². The normalized spacial score (nSPS) is 28.1. The van der Waals surface area contributed by atoms with E-state index in [-0.39, 0.29) is 0 Å². The van der Waals surface area contributed by atoms with Crippen LogP contribution in [0.2, 0.25) is 0 Å². The van der Waals surface area contributed by atoms with Crippen molar-refractivity contribution in [1.82, 2.24) is 9.97 Å². The average molecular weight is 248 g/mol. The van der Waals surface area contributed by atoms with Gasteiger partial charge in [0.2, 0.25) is 0 Å². The number of H-pyrrole nitrogens is 1. The van der Waals surface area contributed by atoms with Crippen LogP contribution in [0.25, 0.3) is 0 Å². The van der Waals surface area contributed by atoms with Gasteiger partial charge < -0.3 is 9.72 Å². The van der Waals surface area contributed by atoms with Crippen LogP contribution in [-0.4, -0.2) is 22.7 Å². The lowest BCUT2D eigenvalue weighted by molar-refractivity contribution is 0.0157. The monoisotopic (exact) mass is 248 g/mol. The van der Waals surface area contributed by atoms with Gasteiger partial charge in [-0.1, -0.05) is 13.3 Å². The maximum atomic E-state index is 5.80. The van der Waals surface area contributed by atoms with Crippen molar-refractivity contribution in [1.29, 1.82) is 0 Å². The van der Waals surface area contributed by atoms with Crippen molar-refractivity contribution >= 4 is 0 Å². The molecule has 0 amide bonds. The van der Waals surface area contributed by atoms with E-state index >= 15 is 0 Å². The first-order chi connectivity index (χ1) is 8.85. The van der Waals surface area contributed by atoms with Crippen LogP contribution in [-0.2, 0) is 24.0 Å². The van der Waals surface area contributed by atoms with Crippen LogP contribution in [0.15, 0.2) is 0 Å². The minimum absolute atomic E-state index is 0.397. The van der Waals surface area contributed by atoms with Crippen LogP contribution in [0.1, 0.15) is 56.2 Å². The van der Waals surface area contributed by atoms with E-state index < -0.39 is 0 Å². The zero-order chi connectivity index (χ0) is 12.4. The molecular formula is C15H24N2O. The maximum Gasteiger partial charge on any atom is 0.109 e. The summed E-state index contributed by atoms with van der Waals surface area (Å²) in [5.41, 5.74) is 2.73. The highest BCUT2D eigenvalue weighted by atomic mass is 16.5. The molecule has 0 aromatic carbocycles. The van der Waals surface area contributed by atoms with E-state index in [0.29, 0.717) is 6.10 Å². The highest BCUT2D eigenvalue weighted by Crippen LogP contribution is 2.26. The molecule has 1 aromatic rings. The molecule has 100 valence electrons. The number of imidazole rings is 1. The molecule has 1 saturated heterocycles. The number of hydrogen-bond donors (Lipinski definition) is 1. The molecule has 1 N–H and O–H groups in total. The fourth-order valence-electron chi connectivity index (χ4n) is 3.24. The number of hydrogen-bond acceptors (Lipinski definition) is 2. The molecule has 0 radical (unpaired) electrons. The third kappa shape index (κ3) is 2.61. The van der Waals surface area contributed by atoms with E-state index in [9.17, 15) is 0 Å². The molecule has 1 aliphatic heterocycles. The van der Waals surface area contributed by atoms with Crippen LogP contribution in [0.5, 0.6) is 0 Å². The zero-order valence-electron chi connectivity index (χ0n) is 11.4. The number of aromatic nitrogens is 2. The quantitative estimate of drug-likeness (QED) is 0.893. The molecule has 2 heterocycles. The lowest BCUT2D eigenvalue weighted by atomic mass is 9.88. The third-order valence-electron chi connectivity index (χ3n) is 4.47. The summed E-state index contributed by atoms with van der Waals surface area (Å²) in [5, 5.41) is 0. The van der Waals surface area contributed by atoms with Crippen LogP contribution in [0.4, 0.5) is 0 Å². The second-order valence-electron chi connectivity index (χ2n) is 5.82. The summed E-state index contributed by atoms with van der Waals surface area (Å²) in [7, 11) is 0. The molecule has 1 aromatic heterocycles. The van der Waals surface area contributed by atoms with Gasteiger partial charge in [-0.2, -0.15) is 0 Å². The third-order valence-corrected chi connectivity index (χ3v) is 4.47. The first-order valence-electron chi connectivity index (χ1n) is 7.53. The molecule has 3 nitrogen and oxygen atoms in total. The van der Waals surface area contributed by atoms with Crippen LogP contribution in [0, 0.1) is 5.92 Å². The van der Waals surface area contributed by atoms with E-state index in [1.165, 1.54) is 49.9 Å². The van der Waals surface area contributed by atoms with Gasteiger partial charge in [-0.05, 0) is 44.4 Å². The Balaban J connectivity index is 1.65. The molecule has 3 rings (SSSR count). The number of rotatable bonds is 3. The number of aromatic amines is 1. The zero-order valence-corrected chi connectivity index (χ0v) is 11.4. The second kappa shape index (κ2) is 5.43. The molecule has 3 heteroatoms. The summed E-state index contributed by atoms with van der Waals surface area (Å²) in [4.78, 5) is 8.33. The van der Waals surface area contributed by atoms with Crippen molar-refractivity contribution in [3.63, 3.8) is 0 Å². The maximum absolute atomic E-state index is 5.80. The molecule has 1 aliphatic carbocycles. The smallest absolute Gasteiger partial charge is 0.109 e. The Labute approximate surface area is 109 Å². The van der Waals surface area contributed by atoms with Crippen molar-refractivity contribution in [2.24, 2.45) is 5.92 Å². The summed E-state index contributed by atoms with van der Waals surface area (Å²) in [6.07, 6.45) is 10.1. The Morgan fingerprint density at radius 3 is 3.06 bits per heavy atom. The number of nitrogens with zero attached hydrogens (tertiary/aromatic N) is 1. The first kappa shape index (κ1) is 12.2. The first-order valence-corrected chi connectivity index (χ1v) is 7.53. The Morgan fingerprint density at radius 2 is 2.28 bits per heavy atom. The van der Waals surface area contributed by atoms with E-state index in [1.807, 2.05) is 0 Å². The Bertz CT molecular complexity index is 393. The van der Waals surface area contributed by atoms with Gasteiger partial charge in [0.15, 0.2) is 0 Å². The van der Waals surface area contributed by atoms with E-state index in [2.05, 4.69) is 11.9 Å². The summed E-state index contributed by atoms with van der Waals surface area (Å²) in [6, 6.07) is 0. The minimum Gasteiger partial charge on any atom is -0.378 e. The Morgan fingerprint density at radius 1 is 1.33 bits per heavy atom. The van der Waals surface area contributed by atoms with Gasteiger partial charge in [0.1, 0.15) is 5.82 Å². The van der Waals surface area contributed by atoms with Crippen molar-refractivity contribution in [3.05, 3.63) is 17.2 Å². The van der Waals surface area contributed by atoms with Gasteiger partial charge >= 0.3 is 0 Å². The van der Waals surface area contributed by atoms with Gasteiger partial charge in [0.05, 0.1) is 11.8 Å². The van der Waals surface area contributed by atoms with Gasteiger partial charge in [0, 0.05) is 18.7 Å². The average Bonchev–Trinajstić information content (AvgIpc) is 2.80. The van der Waals surface area contributed by atoms with Gasteiger partial charge in [-0.15, -0.1) is 0 Å². The number of nitrogens with one attached hydrogen (secondary N) is 1. The van der Waals surface area contributed by atoms with E-state index in [0.717, 1.165) is 31.2 Å². The SMILES string of the molecule is CCC1CCc2nc(CC3CCCCO3)[nH]c2C1. The highest BCUT2D eigenvalue weighted by Gasteiger charge is 2.22. The van der Waals surface area contributed by atoms with Gasteiger partial charge in [0.25, 0.3) is 0 Å². The van der Waals surface area contributed by atoms with E-state index in [1.54, 1.807) is 0 Å². The molecule has 0 bridgehead atoms. The van der Waals surface area contributed by atoms with Crippen molar-refractivity contribution in [3.8, 4) is 0 Å². The molecule has 2 atom stereocenters. The highest BCUT2D eigenvalue weighted by molar-refractivity contribution is 5.19. The fraction of sp³-hybridized carbons (Fsp3) is 0.800. The summed E-state index contributed by atoms with van der Waals surface area (Å²) >= 11 is 0. The molecule has 18 heavy (non-hydrogen) atoms. The lowest BCUT2D eigenvalue weighted by Gasteiger charge is -2.21. The topological polar surface area (TPSA) is 37.9 Å². The summed E-state index contributed by atoms with van der Waals surface area (Å²) in [5.74, 6) is 2.01. The number of ether oxygens (including phenoxy) is 1. The standard InChI is InChI=1S/C15H24N2O/c1-2-11-6-7-13-14(9-11)17-15(16-13)10-12-5-3-4-8-18-12/h11-12H,2-10H2,1H3,(H,16,17). The molecule has 0 saturated carbocycles. The second-order valence-corrected chi connectivity index (χ2v) is 5.82. The fourth-order valence-corrected chi connectivity index (χ4v) is 3.24. The van der Waals surface area contributed by atoms with Crippen molar-refractivity contribution in [2.75, 3.05) is 6.61 Å². The summed E-state index contributed by atoms with van der Waals surface area (Å²) in [6.45, 7) is 3.23. The Hall–Kier alpha value is -0.830. The number of aryl methyl sites for hydroxylation is 1. The van der Waals surface area contributed by atoms with E-state index in [4.69, 9.17) is 9.72 Å². The van der Waals surface area contributed by atoms with Gasteiger partial charge in [-0.3, -0.25) is 0 Å². The molecule has 2 unspecified atom stereocenters. The molecular weight excluding hydrogens is 224 g/mol. The van der Waals surface area contributed by atoms with Crippen LogP contribution >= 0.6 is 0 Å². The van der Waals surface area contributed by atoms with Crippen LogP contribution in [0.3, 0.4) is 0 Å². The lowest BCUT2D eigenvalue weighted by Crippen LogP contribution is -2.21. The molecule has 1 fully saturated rings. The van der Waals surface area contributed by atoms with Crippen LogP contribution < -0.4 is 0 Å². The predicted octanol–water partition coefficient (Wildman–Crippen LogP) is 3.04. The largest absolute Gasteiger partial charge is 0.378 e. The van der Waals surface area contributed by atoms with Crippen molar-refractivity contribution < 1.29 is 4.74 Å². The minimum atomic E-state index is 0.397. The van der Waals surface area contributed by atoms with Crippen molar-refractivity contribution in [2.45, 2.75) is 64.4 Å². The summed E-state index contributed by atoms with van der Waals surface area (Å²) < 4.78 is 5.80.